The van der Waals surface area contributed by atoms with Crippen LogP contribution in [0.4, 0.5) is 0 Å². The van der Waals surface area contributed by atoms with Crippen molar-refractivity contribution in [2.45, 2.75) is 45.4 Å². The zero-order valence-corrected chi connectivity index (χ0v) is 9.84. The van der Waals surface area contributed by atoms with Crippen LogP contribution in [0.1, 0.15) is 48.3 Å². The first-order chi connectivity index (χ1) is 7.16. The van der Waals surface area contributed by atoms with Crippen molar-refractivity contribution in [2.75, 3.05) is 0 Å². The molecule has 0 spiro atoms. The van der Waals surface area contributed by atoms with E-state index < -0.39 is 0 Å². The van der Waals surface area contributed by atoms with Crippen molar-refractivity contribution in [1.82, 2.24) is 0 Å². The maximum absolute atomic E-state index is 4.14. The molecule has 1 saturated carbocycles. The molecule has 0 heterocycles. The van der Waals surface area contributed by atoms with E-state index in [0.29, 0.717) is 0 Å². The predicted octanol–water partition coefficient (Wildman–Crippen LogP) is 4.52. The minimum Gasteiger partial charge on any atom is -0.0998 e. The number of hydrogen-bond donors (Lipinski definition) is 0. The molecule has 0 aliphatic heterocycles. The lowest BCUT2D eigenvalue weighted by Crippen LogP contribution is -2.07. The molecule has 1 aliphatic carbocycles. The average Bonchev–Trinajstić information content (AvgIpc) is 2.17. The summed E-state index contributed by atoms with van der Waals surface area (Å²) in [6.07, 6.45) is 5.09. The normalized spacial score (nSPS) is 21.7. The van der Waals surface area contributed by atoms with Gasteiger partial charge in [-0.2, -0.15) is 0 Å². The molecule has 0 nitrogen and oxygen atoms in total. The molecule has 0 saturated heterocycles. The fraction of sp³-hybridized carbons (Fsp3) is 0.467. The van der Waals surface area contributed by atoms with Gasteiger partial charge in [0.2, 0.25) is 0 Å². The van der Waals surface area contributed by atoms with Crippen LogP contribution >= 0.6 is 0 Å². The van der Waals surface area contributed by atoms with E-state index in [0.717, 1.165) is 5.92 Å². The fourth-order valence-corrected chi connectivity index (χ4v) is 2.70. The average molecular weight is 200 g/mol. The van der Waals surface area contributed by atoms with Crippen LogP contribution in [-0.2, 0) is 0 Å². The van der Waals surface area contributed by atoms with Crippen molar-refractivity contribution in [3.63, 3.8) is 0 Å². The second-order valence-electron chi connectivity index (χ2n) is 4.90. The van der Waals surface area contributed by atoms with Gasteiger partial charge in [-0.25, -0.2) is 0 Å². The van der Waals surface area contributed by atoms with Crippen LogP contribution in [0.5, 0.6) is 0 Å². The fourth-order valence-electron chi connectivity index (χ4n) is 2.70. The molecule has 0 aromatic heterocycles. The van der Waals surface area contributed by atoms with Gasteiger partial charge in [0.05, 0.1) is 0 Å². The van der Waals surface area contributed by atoms with Crippen LogP contribution in [-0.4, -0.2) is 0 Å². The predicted molar refractivity (Wildman–Crippen MR) is 66.3 cm³/mol. The lowest BCUT2D eigenvalue weighted by Gasteiger charge is -2.25. The van der Waals surface area contributed by atoms with Gasteiger partial charge in [0.25, 0.3) is 0 Å². The Labute approximate surface area is 93.0 Å². The van der Waals surface area contributed by atoms with E-state index in [9.17, 15) is 0 Å². The summed E-state index contributed by atoms with van der Waals surface area (Å²) in [7, 11) is 0. The molecule has 1 aliphatic rings. The van der Waals surface area contributed by atoms with Gasteiger partial charge in [0, 0.05) is 0 Å². The second kappa shape index (κ2) is 4.22. The Morgan fingerprint density at radius 2 is 2.07 bits per heavy atom. The third kappa shape index (κ3) is 2.31. The van der Waals surface area contributed by atoms with Gasteiger partial charge in [-0.15, -0.1) is 0 Å². The number of benzene rings is 1. The maximum atomic E-state index is 4.14. The van der Waals surface area contributed by atoms with E-state index in [1.807, 2.05) is 0 Å². The molecule has 0 amide bonds. The van der Waals surface area contributed by atoms with Gasteiger partial charge in [0.15, 0.2) is 0 Å². The third-order valence-corrected chi connectivity index (χ3v) is 3.48. The summed E-state index contributed by atoms with van der Waals surface area (Å²) in [5.74, 6) is 0.729. The van der Waals surface area contributed by atoms with Crippen LogP contribution in [0.15, 0.2) is 30.4 Å². The summed E-state index contributed by atoms with van der Waals surface area (Å²) in [4.78, 5) is 0. The zero-order valence-electron chi connectivity index (χ0n) is 9.84. The van der Waals surface area contributed by atoms with Crippen molar-refractivity contribution in [2.24, 2.45) is 0 Å². The zero-order chi connectivity index (χ0) is 10.8. The molecule has 0 radical (unpaired) electrons. The highest BCUT2D eigenvalue weighted by atomic mass is 14.2. The highest BCUT2D eigenvalue weighted by molar-refractivity contribution is 5.34. The molecule has 80 valence electrons. The Kier molecular flexibility index (Phi) is 2.95. The first-order valence-corrected chi connectivity index (χ1v) is 5.90. The minimum absolute atomic E-state index is 0.729. The van der Waals surface area contributed by atoms with E-state index in [2.05, 4.69) is 38.6 Å². The van der Waals surface area contributed by atoms with Crippen molar-refractivity contribution >= 4 is 0 Å². The molecule has 1 aromatic rings. The Balaban J connectivity index is 2.24. The van der Waals surface area contributed by atoms with Gasteiger partial charge >= 0.3 is 0 Å². The van der Waals surface area contributed by atoms with Crippen LogP contribution in [0.2, 0.25) is 0 Å². The molecule has 2 rings (SSSR count). The maximum Gasteiger partial charge on any atom is -0.0122 e. The number of aryl methyl sites for hydroxylation is 2. The second-order valence-corrected chi connectivity index (χ2v) is 4.90. The molecular formula is C15H20. The van der Waals surface area contributed by atoms with Crippen molar-refractivity contribution in [1.29, 1.82) is 0 Å². The third-order valence-electron chi connectivity index (χ3n) is 3.48. The monoisotopic (exact) mass is 200 g/mol. The van der Waals surface area contributed by atoms with Gasteiger partial charge in [-0.1, -0.05) is 35.9 Å². The quantitative estimate of drug-likeness (QED) is 0.585. The molecule has 0 bridgehead atoms. The molecule has 1 aromatic carbocycles. The first-order valence-electron chi connectivity index (χ1n) is 5.90. The summed E-state index contributed by atoms with van der Waals surface area (Å²) in [6, 6.07) is 6.85. The van der Waals surface area contributed by atoms with E-state index in [4.69, 9.17) is 0 Å². The molecular weight excluding hydrogens is 180 g/mol. The van der Waals surface area contributed by atoms with Crippen molar-refractivity contribution in [3.05, 3.63) is 47.0 Å². The van der Waals surface area contributed by atoms with E-state index >= 15 is 0 Å². The lowest BCUT2D eigenvalue weighted by atomic mass is 9.80. The van der Waals surface area contributed by atoms with Crippen molar-refractivity contribution < 1.29 is 0 Å². The van der Waals surface area contributed by atoms with E-state index in [-0.39, 0.29) is 0 Å². The molecule has 0 N–H and O–H groups in total. The molecule has 1 atom stereocenters. The smallest absolute Gasteiger partial charge is 0.0122 e. The lowest BCUT2D eigenvalue weighted by molar-refractivity contribution is 0.522. The Morgan fingerprint density at radius 3 is 2.73 bits per heavy atom. The van der Waals surface area contributed by atoms with Crippen LogP contribution in [0.25, 0.3) is 0 Å². The van der Waals surface area contributed by atoms with Gasteiger partial charge in [-0.3, -0.25) is 0 Å². The van der Waals surface area contributed by atoms with Crippen LogP contribution in [0, 0.1) is 13.8 Å². The minimum atomic E-state index is 0.729. The van der Waals surface area contributed by atoms with Gasteiger partial charge < -0.3 is 0 Å². The Bertz CT molecular complexity index is 374. The molecule has 1 fully saturated rings. The first kappa shape index (κ1) is 10.5. The van der Waals surface area contributed by atoms with Crippen LogP contribution < -0.4 is 0 Å². The number of hydrogen-bond acceptors (Lipinski definition) is 0. The Hall–Kier alpha value is -1.04. The standard InChI is InChI=1S/C15H20/c1-11-5-4-6-14(10-11)15-8-7-12(2)9-13(15)3/h7-9,14H,1,4-6,10H2,2-3H3. The number of rotatable bonds is 1. The summed E-state index contributed by atoms with van der Waals surface area (Å²) < 4.78 is 0. The number of allylic oxidation sites excluding steroid dienone is 1. The highest BCUT2D eigenvalue weighted by Gasteiger charge is 2.18. The van der Waals surface area contributed by atoms with Crippen molar-refractivity contribution in [3.8, 4) is 0 Å². The van der Waals surface area contributed by atoms with Gasteiger partial charge in [0.1, 0.15) is 0 Å². The largest absolute Gasteiger partial charge is 0.0998 e. The summed E-state index contributed by atoms with van der Waals surface area (Å²) in [5.41, 5.74) is 5.80. The summed E-state index contributed by atoms with van der Waals surface area (Å²) >= 11 is 0. The topological polar surface area (TPSA) is 0 Å². The Morgan fingerprint density at radius 1 is 1.27 bits per heavy atom. The summed E-state index contributed by atoms with van der Waals surface area (Å²) in [5, 5.41) is 0. The molecule has 0 heteroatoms. The molecule has 15 heavy (non-hydrogen) atoms. The molecule has 1 unspecified atom stereocenters. The SMILES string of the molecule is C=C1CCCC(c2ccc(C)cc2C)C1. The van der Waals surface area contributed by atoms with Crippen LogP contribution in [0.3, 0.4) is 0 Å². The van der Waals surface area contributed by atoms with E-state index in [1.54, 1.807) is 5.56 Å². The highest BCUT2D eigenvalue weighted by Crippen LogP contribution is 2.36. The summed E-state index contributed by atoms with van der Waals surface area (Å²) in [6.45, 7) is 8.54. The van der Waals surface area contributed by atoms with Gasteiger partial charge in [-0.05, 0) is 56.6 Å². The van der Waals surface area contributed by atoms with E-state index in [1.165, 1.54) is 42.4 Å².